The number of esters is 1. The van der Waals surface area contributed by atoms with Gasteiger partial charge < -0.3 is 24.4 Å². The molecule has 1 saturated heterocycles. The van der Waals surface area contributed by atoms with E-state index in [0.717, 1.165) is 0 Å². The third kappa shape index (κ3) is 3.72. The van der Waals surface area contributed by atoms with Crippen LogP contribution < -0.4 is 14.8 Å². The Morgan fingerprint density at radius 3 is 2.62 bits per heavy atom. The Morgan fingerprint density at radius 1 is 1.21 bits per heavy atom. The Labute approximate surface area is 140 Å². The van der Waals surface area contributed by atoms with Gasteiger partial charge in [-0.1, -0.05) is 0 Å². The molecule has 7 heteroatoms. The second-order valence-corrected chi connectivity index (χ2v) is 5.80. The number of carbonyl (C=O) groups is 2. The topological polar surface area (TPSA) is 77.1 Å². The number of hydrogen-bond acceptors (Lipinski definition) is 5. The van der Waals surface area contributed by atoms with Crippen LogP contribution in [0.1, 0.15) is 19.8 Å². The molecule has 0 aliphatic carbocycles. The Bertz CT molecular complexity index is 611. The van der Waals surface area contributed by atoms with Gasteiger partial charge in [-0.2, -0.15) is 0 Å². The normalized spacial score (nSPS) is 17.3. The van der Waals surface area contributed by atoms with E-state index in [-0.39, 0.29) is 17.9 Å². The first-order valence-corrected chi connectivity index (χ1v) is 8.29. The number of rotatable bonds is 3. The third-order valence-electron chi connectivity index (χ3n) is 4.20. The number of nitrogens with zero attached hydrogens (tertiary/aromatic N) is 1. The standard InChI is InChI=1S/C17H22N2O5/c1-2-22-16(20)12-5-7-19(8-6-12)17(21)18-13-3-4-14-15(11-13)24-10-9-23-14/h3-4,11-12H,2,5-10H2,1H3,(H,18,21). The zero-order valence-electron chi connectivity index (χ0n) is 13.7. The minimum absolute atomic E-state index is 0.108. The van der Waals surface area contributed by atoms with Gasteiger partial charge in [-0.3, -0.25) is 4.79 Å². The summed E-state index contributed by atoms with van der Waals surface area (Å²) in [4.78, 5) is 25.8. The predicted molar refractivity (Wildman–Crippen MR) is 87.4 cm³/mol. The SMILES string of the molecule is CCOC(=O)C1CCN(C(=O)Nc2ccc3c(c2)OCCO3)CC1. The molecule has 0 atom stereocenters. The van der Waals surface area contributed by atoms with Crippen LogP contribution in [-0.4, -0.2) is 49.8 Å². The molecule has 0 spiro atoms. The van der Waals surface area contributed by atoms with E-state index < -0.39 is 0 Å². The number of anilines is 1. The predicted octanol–water partition coefficient (Wildman–Crippen LogP) is 2.26. The van der Waals surface area contributed by atoms with Gasteiger partial charge in [-0.15, -0.1) is 0 Å². The number of amides is 2. The maximum atomic E-state index is 12.4. The fraction of sp³-hybridized carbons (Fsp3) is 0.529. The lowest BCUT2D eigenvalue weighted by Gasteiger charge is -2.31. The van der Waals surface area contributed by atoms with E-state index in [2.05, 4.69) is 5.32 Å². The molecule has 1 N–H and O–H groups in total. The number of likely N-dealkylation sites (tertiary alicyclic amines) is 1. The van der Waals surface area contributed by atoms with Crippen molar-refractivity contribution in [1.82, 2.24) is 4.90 Å². The maximum Gasteiger partial charge on any atom is 0.321 e. The van der Waals surface area contributed by atoms with Crippen molar-refractivity contribution >= 4 is 17.7 Å². The van der Waals surface area contributed by atoms with Crippen LogP contribution in [0.25, 0.3) is 0 Å². The van der Waals surface area contributed by atoms with Gasteiger partial charge in [0.1, 0.15) is 13.2 Å². The van der Waals surface area contributed by atoms with Crippen molar-refractivity contribution in [3.63, 3.8) is 0 Å². The fourth-order valence-corrected chi connectivity index (χ4v) is 2.90. The molecule has 1 aromatic rings. The lowest BCUT2D eigenvalue weighted by atomic mass is 9.97. The highest BCUT2D eigenvalue weighted by Gasteiger charge is 2.28. The van der Waals surface area contributed by atoms with E-state index in [1.165, 1.54) is 0 Å². The van der Waals surface area contributed by atoms with Crippen LogP contribution in [-0.2, 0) is 9.53 Å². The van der Waals surface area contributed by atoms with Gasteiger partial charge in [0.2, 0.25) is 0 Å². The van der Waals surface area contributed by atoms with Crippen molar-refractivity contribution in [3.8, 4) is 11.5 Å². The first-order chi connectivity index (χ1) is 11.7. The molecular formula is C17H22N2O5. The molecule has 130 valence electrons. The zero-order chi connectivity index (χ0) is 16.9. The van der Waals surface area contributed by atoms with Gasteiger partial charge in [-0.25, -0.2) is 4.79 Å². The molecule has 7 nitrogen and oxygen atoms in total. The number of benzene rings is 1. The van der Waals surface area contributed by atoms with E-state index in [4.69, 9.17) is 14.2 Å². The summed E-state index contributed by atoms with van der Waals surface area (Å²) in [5.41, 5.74) is 0.664. The molecule has 2 amide bonds. The molecular weight excluding hydrogens is 312 g/mol. The molecule has 1 aromatic carbocycles. The van der Waals surface area contributed by atoms with Gasteiger partial charge in [0.15, 0.2) is 11.5 Å². The van der Waals surface area contributed by atoms with E-state index >= 15 is 0 Å². The van der Waals surface area contributed by atoms with Gasteiger partial charge >= 0.3 is 12.0 Å². The van der Waals surface area contributed by atoms with Gasteiger partial charge in [0, 0.05) is 24.8 Å². The molecule has 2 aliphatic heterocycles. The first-order valence-electron chi connectivity index (χ1n) is 8.29. The lowest BCUT2D eigenvalue weighted by molar-refractivity contribution is -0.149. The third-order valence-corrected chi connectivity index (χ3v) is 4.20. The molecule has 2 aliphatic rings. The van der Waals surface area contributed by atoms with Gasteiger partial charge in [0.05, 0.1) is 12.5 Å². The molecule has 3 rings (SSSR count). The van der Waals surface area contributed by atoms with Crippen molar-refractivity contribution in [3.05, 3.63) is 18.2 Å². The number of fused-ring (bicyclic) bond motifs is 1. The van der Waals surface area contributed by atoms with E-state index in [9.17, 15) is 9.59 Å². The highest BCUT2D eigenvalue weighted by molar-refractivity contribution is 5.90. The first kappa shape index (κ1) is 16.4. The lowest BCUT2D eigenvalue weighted by Crippen LogP contribution is -2.42. The fourth-order valence-electron chi connectivity index (χ4n) is 2.90. The molecule has 1 fully saturated rings. The Kier molecular flexibility index (Phi) is 5.08. The van der Waals surface area contributed by atoms with Crippen molar-refractivity contribution in [1.29, 1.82) is 0 Å². The van der Waals surface area contributed by atoms with Crippen LogP contribution >= 0.6 is 0 Å². The molecule has 0 bridgehead atoms. The number of ether oxygens (including phenoxy) is 3. The molecule has 0 aromatic heterocycles. The number of piperidine rings is 1. The smallest absolute Gasteiger partial charge is 0.321 e. The number of urea groups is 1. The Morgan fingerprint density at radius 2 is 1.92 bits per heavy atom. The molecule has 24 heavy (non-hydrogen) atoms. The van der Waals surface area contributed by atoms with Crippen LogP contribution in [0, 0.1) is 5.92 Å². The molecule has 0 unspecified atom stereocenters. The maximum absolute atomic E-state index is 12.4. The van der Waals surface area contributed by atoms with E-state index in [1.807, 2.05) is 0 Å². The van der Waals surface area contributed by atoms with Crippen LogP contribution in [0.2, 0.25) is 0 Å². The number of nitrogens with one attached hydrogen (secondary N) is 1. The Balaban J connectivity index is 1.53. The highest BCUT2D eigenvalue weighted by Crippen LogP contribution is 2.32. The zero-order valence-corrected chi connectivity index (χ0v) is 13.7. The Hall–Kier alpha value is -2.44. The molecule has 2 heterocycles. The number of hydrogen-bond donors (Lipinski definition) is 1. The number of carbonyl (C=O) groups excluding carboxylic acids is 2. The second kappa shape index (κ2) is 7.42. The van der Waals surface area contributed by atoms with Crippen LogP contribution in [0.15, 0.2) is 18.2 Å². The van der Waals surface area contributed by atoms with Crippen LogP contribution in [0.5, 0.6) is 11.5 Å². The summed E-state index contributed by atoms with van der Waals surface area (Å²) in [6.07, 6.45) is 1.26. The van der Waals surface area contributed by atoms with Gasteiger partial charge in [-0.05, 0) is 31.9 Å². The van der Waals surface area contributed by atoms with Gasteiger partial charge in [0.25, 0.3) is 0 Å². The van der Waals surface area contributed by atoms with Crippen LogP contribution in [0.3, 0.4) is 0 Å². The van der Waals surface area contributed by atoms with Crippen molar-refractivity contribution in [2.45, 2.75) is 19.8 Å². The largest absolute Gasteiger partial charge is 0.486 e. The summed E-state index contributed by atoms with van der Waals surface area (Å²) in [6, 6.07) is 5.17. The van der Waals surface area contributed by atoms with Crippen molar-refractivity contribution < 1.29 is 23.8 Å². The quantitative estimate of drug-likeness (QED) is 0.858. The van der Waals surface area contributed by atoms with Crippen molar-refractivity contribution in [2.24, 2.45) is 5.92 Å². The average molecular weight is 334 g/mol. The minimum Gasteiger partial charge on any atom is -0.486 e. The van der Waals surface area contributed by atoms with E-state index in [0.29, 0.717) is 62.9 Å². The van der Waals surface area contributed by atoms with Crippen LogP contribution in [0.4, 0.5) is 10.5 Å². The van der Waals surface area contributed by atoms with E-state index in [1.54, 1.807) is 30.0 Å². The van der Waals surface area contributed by atoms with Crippen molar-refractivity contribution in [2.75, 3.05) is 38.2 Å². The molecule has 0 saturated carbocycles. The monoisotopic (exact) mass is 334 g/mol. The summed E-state index contributed by atoms with van der Waals surface area (Å²) in [6.45, 7) is 4.32. The minimum atomic E-state index is -0.172. The summed E-state index contributed by atoms with van der Waals surface area (Å²) >= 11 is 0. The summed E-state index contributed by atoms with van der Waals surface area (Å²) < 4.78 is 16.0. The molecule has 0 radical (unpaired) electrons. The highest BCUT2D eigenvalue weighted by atomic mass is 16.6. The summed E-state index contributed by atoms with van der Waals surface area (Å²) in [7, 11) is 0. The average Bonchev–Trinajstić information content (AvgIpc) is 2.62. The summed E-state index contributed by atoms with van der Waals surface area (Å²) in [5, 5.41) is 2.87. The second-order valence-electron chi connectivity index (χ2n) is 5.80. The summed E-state index contributed by atoms with van der Waals surface area (Å²) in [5.74, 6) is 1.06.